The molecular formula is C17H29NO2. The van der Waals surface area contributed by atoms with Crippen LogP contribution in [0.15, 0.2) is 0 Å². The van der Waals surface area contributed by atoms with E-state index < -0.39 is 0 Å². The van der Waals surface area contributed by atoms with E-state index in [1.54, 1.807) is 7.05 Å². The van der Waals surface area contributed by atoms with Crippen LogP contribution in [0.2, 0.25) is 0 Å². The molecule has 20 heavy (non-hydrogen) atoms. The molecule has 2 fully saturated rings. The molecule has 0 aromatic rings. The molecular weight excluding hydrogens is 250 g/mol. The minimum absolute atomic E-state index is 0.0217. The maximum Gasteiger partial charge on any atom is 0.229 e. The Hall–Kier alpha value is -0.860. The van der Waals surface area contributed by atoms with Crippen LogP contribution in [0.3, 0.4) is 0 Å². The molecule has 2 aliphatic rings. The molecule has 0 aromatic heterocycles. The van der Waals surface area contributed by atoms with Gasteiger partial charge in [-0.25, -0.2) is 0 Å². The summed E-state index contributed by atoms with van der Waals surface area (Å²) in [5, 5.41) is 0. The van der Waals surface area contributed by atoms with Gasteiger partial charge in [-0.1, -0.05) is 27.2 Å². The highest BCUT2D eigenvalue weighted by Crippen LogP contribution is 2.46. The largest absolute Gasteiger partial charge is 0.286 e. The number of imide groups is 1. The number of likely N-dealkylation sites (tertiary alicyclic amines) is 1. The van der Waals surface area contributed by atoms with Crippen LogP contribution in [0, 0.1) is 23.2 Å². The Balaban J connectivity index is 2.19. The fourth-order valence-corrected chi connectivity index (χ4v) is 4.47. The molecule has 1 spiro atoms. The molecule has 114 valence electrons. The van der Waals surface area contributed by atoms with Crippen molar-refractivity contribution < 1.29 is 9.59 Å². The van der Waals surface area contributed by atoms with E-state index in [-0.39, 0.29) is 17.2 Å². The number of carbonyl (C=O) groups is 2. The summed E-state index contributed by atoms with van der Waals surface area (Å²) in [4.78, 5) is 25.6. The minimum atomic E-state index is -0.0571. The van der Waals surface area contributed by atoms with Gasteiger partial charge in [-0.2, -0.15) is 0 Å². The monoisotopic (exact) mass is 279 g/mol. The van der Waals surface area contributed by atoms with Crippen molar-refractivity contribution in [2.24, 2.45) is 23.2 Å². The third-order valence-corrected chi connectivity index (χ3v) is 5.36. The fraction of sp³-hybridized carbons (Fsp3) is 0.882. The molecule has 1 saturated carbocycles. The lowest BCUT2D eigenvalue weighted by molar-refractivity contribution is -0.152. The van der Waals surface area contributed by atoms with Gasteiger partial charge in [0.2, 0.25) is 11.8 Å². The summed E-state index contributed by atoms with van der Waals surface area (Å²) in [5.74, 6) is 2.12. The summed E-state index contributed by atoms with van der Waals surface area (Å²) in [6.07, 6.45) is 6.88. The van der Waals surface area contributed by atoms with Crippen molar-refractivity contribution >= 4 is 11.8 Å². The van der Waals surface area contributed by atoms with E-state index in [4.69, 9.17) is 0 Å². The van der Waals surface area contributed by atoms with Gasteiger partial charge in [0.25, 0.3) is 0 Å². The van der Waals surface area contributed by atoms with Gasteiger partial charge < -0.3 is 0 Å². The molecule has 3 unspecified atom stereocenters. The van der Waals surface area contributed by atoms with E-state index in [2.05, 4.69) is 20.8 Å². The van der Waals surface area contributed by atoms with Crippen LogP contribution in [-0.2, 0) is 9.59 Å². The molecule has 0 N–H and O–H groups in total. The minimum Gasteiger partial charge on any atom is -0.286 e. The summed E-state index contributed by atoms with van der Waals surface area (Å²) < 4.78 is 0. The highest BCUT2D eigenvalue weighted by molar-refractivity contribution is 5.98. The average molecular weight is 279 g/mol. The number of amides is 2. The third-order valence-electron chi connectivity index (χ3n) is 5.36. The van der Waals surface area contributed by atoms with Gasteiger partial charge in [-0.3, -0.25) is 14.5 Å². The lowest BCUT2D eigenvalue weighted by Crippen LogP contribution is -2.46. The molecule has 3 nitrogen and oxygen atoms in total. The maximum atomic E-state index is 12.1. The van der Waals surface area contributed by atoms with E-state index in [0.29, 0.717) is 24.7 Å². The van der Waals surface area contributed by atoms with Gasteiger partial charge in [0.15, 0.2) is 0 Å². The normalized spacial score (nSPS) is 35.6. The lowest BCUT2D eigenvalue weighted by Gasteiger charge is -2.40. The van der Waals surface area contributed by atoms with Crippen molar-refractivity contribution in [2.75, 3.05) is 7.05 Å². The smallest absolute Gasteiger partial charge is 0.229 e. The van der Waals surface area contributed by atoms with Crippen molar-refractivity contribution in [3.63, 3.8) is 0 Å². The molecule has 1 heterocycles. The Labute approximate surface area is 123 Å². The summed E-state index contributed by atoms with van der Waals surface area (Å²) in [7, 11) is 1.63. The molecule has 0 radical (unpaired) electrons. The number of carbonyl (C=O) groups excluding carboxylic acids is 2. The lowest BCUT2D eigenvalue weighted by atomic mass is 9.68. The SMILES string of the molecule is CC1CCC2(CC(=O)N(C)C(=O)C2)CC(C)CC(C)C1. The number of nitrogens with zero attached hydrogens (tertiary/aromatic N) is 1. The zero-order valence-corrected chi connectivity index (χ0v) is 13.4. The topological polar surface area (TPSA) is 37.4 Å². The van der Waals surface area contributed by atoms with Gasteiger partial charge in [-0.05, 0) is 48.9 Å². The second-order valence-electron chi connectivity index (χ2n) is 7.73. The zero-order chi connectivity index (χ0) is 14.9. The van der Waals surface area contributed by atoms with Gasteiger partial charge in [-0.15, -0.1) is 0 Å². The second kappa shape index (κ2) is 5.87. The standard InChI is InChI=1S/C17H29NO2/c1-12-5-6-17(9-14(3)8-13(2)7-12)10-15(19)18(4)16(20)11-17/h12-14H,5-11H2,1-4H3. The Morgan fingerprint density at radius 1 is 0.950 bits per heavy atom. The quantitative estimate of drug-likeness (QED) is 0.635. The molecule has 0 bridgehead atoms. The molecule has 3 heteroatoms. The van der Waals surface area contributed by atoms with Gasteiger partial charge in [0.05, 0.1) is 0 Å². The van der Waals surface area contributed by atoms with Gasteiger partial charge >= 0.3 is 0 Å². The number of rotatable bonds is 0. The zero-order valence-electron chi connectivity index (χ0n) is 13.4. The first-order valence-corrected chi connectivity index (χ1v) is 8.11. The van der Waals surface area contributed by atoms with Crippen LogP contribution < -0.4 is 0 Å². The highest BCUT2D eigenvalue weighted by atomic mass is 16.2. The van der Waals surface area contributed by atoms with E-state index in [9.17, 15) is 9.59 Å². The summed E-state index contributed by atoms with van der Waals surface area (Å²) in [5.41, 5.74) is -0.0571. The Bertz CT molecular complexity index is 372. The molecule has 1 aliphatic carbocycles. The van der Waals surface area contributed by atoms with Crippen molar-refractivity contribution in [3.05, 3.63) is 0 Å². The van der Waals surface area contributed by atoms with Gasteiger partial charge in [0, 0.05) is 19.9 Å². The average Bonchev–Trinajstić information content (AvgIpc) is 2.36. The summed E-state index contributed by atoms with van der Waals surface area (Å²) >= 11 is 0. The van der Waals surface area contributed by atoms with Crippen molar-refractivity contribution in [1.82, 2.24) is 4.90 Å². The summed E-state index contributed by atoms with van der Waals surface area (Å²) in [6, 6.07) is 0. The first-order valence-electron chi connectivity index (χ1n) is 8.11. The molecule has 0 aromatic carbocycles. The van der Waals surface area contributed by atoms with Crippen LogP contribution >= 0.6 is 0 Å². The molecule has 1 aliphatic heterocycles. The van der Waals surface area contributed by atoms with Crippen LogP contribution in [0.4, 0.5) is 0 Å². The van der Waals surface area contributed by atoms with E-state index >= 15 is 0 Å². The number of piperidine rings is 1. The molecule has 1 saturated heterocycles. The van der Waals surface area contributed by atoms with Crippen LogP contribution in [0.5, 0.6) is 0 Å². The maximum absolute atomic E-state index is 12.1. The first kappa shape index (κ1) is 15.5. The highest BCUT2D eigenvalue weighted by Gasteiger charge is 2.43. The van der Waals surface area contributed by atoms with Crippen molar-refractivity contribution in [3.8, 4) is 0 Å². The Kier molecular flexibility index (Phi) is 4.55. The molecule has 2 rings (SSSR count). The predicted octanol–water partition coefficient (Wildman–Crippen LogP) is 3.62. The third kappa shape index (κ3) is 3.42. The fourth-order valence-electron chi connectivity index (χ4n) is 4.47. The van der Waals surface area contributed by atoms with Crippen molar-refractivity contribution in [2.45, 2.75) is 65.7 Å². The summed E-state index contributed by atoms with van der Waals surface area (Å²) in [6.45, 7) is 6.95. The van der Waals surface area contributed by atoms with Crippen molar-refractivity contribution in [1.29, 1.82) is 0 Å². The predicted molar refractivity (Wildman–Crippen MR) is 80.0 cm³/mol. The molecule has 3 atom stereocenters. The number of hydrogen-bond acceptors (Lipinski definition) is 2. The van der Waals surface area contributed by atoms with E-state index in [1.807, 2.05) is 0 Å². The van der Waals surface area contributed by atoms with Crippen LogP contribution in [0.1, 0.15) is 65.7 Å². The van der Waals surface area contributed by atoms with E-state index in [1.165, 1.54) is 17.7 Å². The molecule has 2 amide bonds. The number of hydrogen-bond donors (Lipinski definition) is 0. The first-order chi connectivity index (χ1) is 9.31. The van der Waals surface area contributed by atoms with E-state index in [0.717, 1.165) is 25.2 Å². The van der Waals surface area contributed by atoms with Gasteiger partial charge in [0.1, 0.15) is 0 Å². The second-order valence-corrected chi connectivity index (χ2v) is 7.73. The Morgan fingerprint density at radius 2 is 1.50 bits per heavy atom. The van der Waals surface area contributed by atoms with Crippen LogP contribution in [0.25, 0.3) is 0 Å². The van der Waals surface area contributed by atoms with Crippen LogP contribution in [-0.4, -0.2) is 23.8 Å². The Morgan fingerprint density at radius 3 is 2.10 bits per heavy atom.